The number of carbonyl (C=O) groups is 2. The minimum atomic E-state index is -0.353. The van der Waals surface area contributed by atoms with E-state index in [2.05, 4.69) is 20.6 Å². The summed E-state index contributed by atoms with van der Waals surface area (Å²) in [4.78, 5) is 31.7. The van der Waals surface area contributed by atoms with Crippen LogP contribution in [0.25, 0.3) is 0 Å². The zero-order valence-corrected chi connectivity index (χ0v) is 13.6. The first-order chi connectivity index (χ1) is 12.1. The van der Waals surface area contributed by atoms with Gasteiger partial charge >= 0.3 is 0 Å². The highest BCUT2D eigenvalue weighted by Crippen LogP contribution is 2.15. The van der Waals surface area contributed by atoms with Gasteiger partial charge in [-0.15, -0.1) is 0 Å². The Bertz CT molecular complexity index is 893. The number of para-hydroxylation sites is 1. The third-order valence-corrected chi connectivity index (χ3v) is 3.50. The van der Waals surface area contributed by atoms with E-state index in [1.165, 1.54) is 13.3 Å². The van der Waals surface area contributed by atoms with Gasteiger partial charge in [0.15, 0.2) is 5.78 Å². The van der Waals surface area contributed by atoms with Crippen LogP contribution in [-0.4, -0.2) is 21.7 Å². The first-order valence-corrected chi connectivity index (χ1v) is 7.68. The summed E-state index contributed by atoms with van der Waals surface area (Å²) in [5.41, 5.74) is 2.29. The molecule has 3 aromatic rings. The first kappa shape index (κ1) is 16.3. The van der Waals surface area contributed by atoms with Gasteiger partial charge < -0.3 is 10.6 Å². The maximum absolute atomic E-state index is 12.3. The van der Waals surface area contributed by atoms with Crippen LogP contribution >= 0.6 is 0 Å². The van der Waals surface area contributed by atoms with Crippen LogP contribution in [0.2, 0.25) is 0 Å². The van der Waals surface area contributed by atoms with E-state index in [4.69, 9.17) is 0 Å². The van der Waals surface area contributed by atoms with E-state index in [1.807, 2.05) is 30.3 Å². The molecule has 1 amide bonds. The lowest BCUT2D eigenvalue weighted by molar-refractivity contribution is 0.101. The topological polar surface area (TPSA) is 84.0 Å². The Hall–Kier alpha value is -3.54. The van der Waals surface area contributed by atoms with Crippen LogP contribution in [0.5, 0.6) is 0 Å². The van der Waals surface area contributed by atoms with Gasteiger partial charge in [0.2, 0.25) is 0 Å². The number of ketones is 1. The van der Waals surface area contributed by atoms with Gasteiger partial charge in [0.1, 0.15) is 17.8 Å². The number of benzene rings is 2. The number of Topliss-reactive ketones (excluding diaryl/α,β-unsaturated/α-hetero) is 1. The summed E-state index contributed by atoms with van der Waals surface area (Å²) in [6, 6.07) is 17.8. The largest absolute Gasteiger partial charge is 0.340 e. The van der Waals surface area contributed by atoms with E-state index < -0.39 is 0 Å². The van der Waals surface area contributed by atoms with Crippen molar-refractivity contribution in [3.63, 3.8) is 0 Å². The van der Waals surface area contributed by atoms with Gasteiger partial charge in [0, 0.05) is 23.0 Å². The smallest absolute Gasteiger partial charge is 0.274 e. The highest BCUT2D eigenvalue weighted by Gasteiger charge is 2.10. The van der Waals surface area contributed by atoms with Gasteiger partial charge in [-0.2, -0.15) is 0 Å². The number of amides is 1. The summed E-state index contributed by atoms with van der Waals surface area (Å²) in [5.74, 6) is 0.151. The molecule has 1 aromatic heterocycles. The molecule has 2 N–H and O–H groups in total. The number of hydrogen-bond donors (Lipinski definition) is 2. The van der Waals surface area contributed by atoms with Gasteiger partial charge in [-0.1, -0.05) is 18.2 Å². The van der Waals surface area contributed by atoms with Crippen LogP contribution in [0.1, 0.15) is 27.8 Å². The molecule has 0 saturated heterocycles. The molecule has 124 valence electrons. The Morgan fingerprint density at radius 1 is 0.880 bits per heavy atom. The summed E-state index contributed by atoms with van der Waals surface area (Å²) in [6.07, 6.45) is 1.33. The molecule has 0 aliphatic heterocycles. The van der Waals surface area contributed by atoms with Crippen LogP contribution in [0.3, 0.4) is 0 Å². The van der Waals surface area contributed by atoms with Crippen LogP contribution in [0.4, 0.5) is 17.2 Å². The summed E-state index contributed by atoms with van der Waals surface area (Å²) >= 11 is 0. The Labute approximate surface area is 145 Å². The van der Waals surface area contributed by atoms with Gasteiger partial charge in [-0.3, -0.25) is 9.59 Å². The van der Waals surface area contributed by atoms with Crippen molar-refractivity contribution < 1.29 is 9.59 Å². The number of nitrogens with one attached hydrogen (secondary N) is 2. The lowest BCUT2D eigenvalue weighted by Crippen LogP contribution is -2.14. The van der Waals surface area contributed by atoms with Crippen LogP contribution in [0.15, 0.2) is 67.0 Å². The van der Waals surface area contributed by atoms with Crippen molar-refractivity contribution in [1.82, 2.24) is 9.97 Å². The van der Waals surface area contributed by atoms with Crippen molar-refractivity contribution in [3.8, 4) is 0 Å². The molecule has 3 rings (SSSR count). The molecule has 0 fully saturated rings. The van der Waals surface area contributed by atoms with E-state index in [-0.39, 0.29) is 17.4 Å². The molecule has 0 aliphatic carbocycles. The lowest BCUT2D eigenvalue weighted by atomic mass is 10.1. The molecular formula is C19H16N4O2. The molecule has 0 spiro atoms. The normalized spacial score (nSPS) is 10.1. The molecule has 25 heavy (non-hydrogen) atoms. The molecular weight excluding hydrogens is 316 g/mol. The summed E-state index contributed by atoms with van der Waals surface area (Å²) in [6.45, 7) is 1.50. The van der Waals surface area contributed by atoms with E-state index >= 15 is 0 Å². The number of anilines is 3. The summed E-state index contributed by atoms with van der Waals surface area (Å²) < 4.78 is 0. The number of carbonyl (C=O) groups excluding carboxylic acids is 2. The maximum Gasteiger partial charge on any atom is 0.274 e. The second-order valence-electron chi connectivity index (χ2n) is 5.37. The number of hydrogen-bond acceptors (Lipinski definition) is 5. The van der Waals surface area contributed by atoms with Crippen LogP contribution < -0.4 is 10.6 Å². The van der Waals surface area contributed by atoms with Gasteiger partial charge in [-0.25, -0.2) is 9.97 Å². The van der Waals surface area contributed by atoms with E-state index in [9.17, 15) is 9.59 Å². The fraction of sp³-hybridized carbons (Fsp3) is 0.0526. The zero-order valence-electron chi connectivity index (χ0n) is 13.6. The lowest BCUT2D eigenvalue weighted by Gasteiger charge is -2.08. The molecule has 0 saturated carbocycles. The zero-order chi connectivity index (χ0) is 17.6. The second kappa shape index (κ2) is 7.35. The molecule has 2 aromatic carbocycles. The van der Waals surface area contributed by atoms with Crippen molar-refractivity contribution in [3.05, 3.63) is 78.2 Å². The number of nitrogens with zero attached hydrogens (tertiary/aromatic N) is 2. The summed E-state index contributed by atoms with van der Waals surface area (Å²) in [7, 11) is 0. The summed E-state index contributed by atoms with van der Waals surface area (Å²) in [5, 5.41) is 5.86. The Morgan fingerprint density at radius 3 is 2.28 bits per heavy atom. The van der Waals surface area contributed by atoms with E-state index in [0.717, 1.165) is 5.69 Å². The monoisotopic (exact) mass is 332 g/mol. The Kier molecular flexibility index (Phi) is 4.80. The molecule has 6 heteroatoms. The van der Waals surface area contributed by atoms with Crippen molar-refractivity contribution in [1.29, 1.82) is 0 Å². The van der Waals surface area contributed by atoms with Crippen molar-refractivity contribution >= 4 is 28.9 Å². The molecule has 0 bridgehead atoms. The fourth-order valence-corrected chi connectivity index (χ4v) is 2.20. The standard InChI is InChI=1S/C19H16N4O2/c1-13(24)14-7-9-16(10-8-14)23-19(25)17-11-18(21-12-20-17)22-15-5-3-2-4-6-15/h2-12H,1H3,(H,23,25)(H,20,21,22). The highest BCUT2D eigenvalue weighted by molar-refractivity contribution is 6.03. The predicted molar refractivity (Wildman–Crippen MR) is 96.2 cm³/mol. The molecule has 0 aliphatic rings. The van der Waals surface area contributed by atoms with E-state index in [0.29, 0.717) is 17.1 Å². The SMILES string of the molecule is CC(=O)c1ccc(NC(=O)c2cc(Nc3ccccc3)ncn2)cc1. The van der Waals surface area contributed by atoms with Crippen LogP contribution in [-0.2, 0) is 0 Å². The van der Waals surface area contributed by atoms with E-state index in [1.54, 1.807) is 30.3 Å². The second-order valence-corrected chi connectivity index (χ2v) is 5.37. The average Bonchev–Trinajstić information content (AvgIpc) is 2.63. The molecule has 6 nitrogen and oxygen atoms in total. The van der Waals surface area contributed by atoms with Crippen molar-refractivity contribution in [2.45, 2.75) is 6.92 Å². The number of rotatable bonds is 5. The third kappa shape index (κ3) is 4.26. The fourth-order valence-electron chi connectivity index (χ4n) is 2.20. The Balaban J connectivity index is 1.71. The number of aromatic nitrogens is 2. The van der Waals surface area contributed by atoms with Gasteiger partial charge in [0.05, 0.1) is 0 Å². The molecule has 1 heterocycles. The minimum absolute atomic E-state index is 0.0229. The minimum Gasteiger partial charge on any atom is -0.340 e. The Morgan fingerprint density at radius 2 is 1.60 bits per heavy atom. The van der Waals surface area contributed by atoms with Crippen LogP contribution in [0, 0.1) is 0 Å². The molecule has 0 unspecified atom stereocenters. The quantitative estimate of drug-likeness (QED) is 0.696. The van der Waals surface area contributed by atoms with Gasteiger partial charge in [0.25, 0.3) is 5.91 Å². The molecule has 0 radical (unpaired) electrons. The first-order valence-electron chi connectivity index (χ1n) is 7.68. The highest BCUT2D eigenvalue weighted by atomic mass is 16.2. The van der Waals surface area contributed by atoms with Gasteiger partial charge in [-0.05, 0) is 43.3 Å². The van der Waals surface area contributed by atoms with Crippen molar-refractivity contribution in [2.75, 3.05) is 10.6 Å². The third-order valence-electron chi connectivity index (χ3n) is 3.50. The van der Waals surface area contributed by atoms with Crippen molar-refractivity contribution in [2.24, 2.45) is 0 Å². The molecule has 0 atom stereocenters. The maximum atomic E-state index is 12.3. The predicted octanol–water partition coefficient (Wildman–Crippen LogP) is 3.68. The average molecular weight is 332 g/mol.